The van der Waals surface area contributed by atoms with Gasteiger partial charge in [0.25, 0.3) is 0 Å². The van der Waals surface area contributed by atoms with Crippen LogP contribution in [0.3, 0.4) is 0 Å². The Labute approximate surface area is 145 Å². The minimum Gasteiger partial charge on any atom is -0.283 e. The number of hydrogen-bond acceptors (Lipinski definition) is 2. The highest BCUT2D eigenvalue weighted by molar-refractivity contribution is 5.78. The van der Waals surface area contributed by atoms with Crippen molar-refractivity contribution in [1.29, 1.82) is 0 Å². The fourth-order valence-corrected chi connectivity index (χ4v) is 2.50. The first-order valence-corrected chi connectivity index (χ1v) is 8.31. The third-order valence-electron chi connectivity index (χ3n) is 4.00. The Hall–Kier alpha value is -2.13. The normalized spacial score (nSPS) is 12.6. The number of rotatable bonds is 3. The maximum atomic E-state index is 10.2. The topological polar surface area (TPSA) is 35.8 Å². The molecule has 1 N–H and O–H groups in total. The van der Waals surface area contributed by atoms with Crippen LogP contribution in [0.25, 0.3) is 0 Å². The quantitative estimate of drug-likeness (QED) is 0.437. The van der Waals surface area contributed by atoms with Crippen LogP contribution in [0, 0.1) is 0 Å². The highest BCUT2D eigenvalue weighted by atomic mass is 16.5. The van der Waals surface area contributed by atoms with Gasteiger partial charge >= 0.3 is 0 Å². The van der Waals surface area contributed by atoms with Crippen LogP contribution >= 0.6 is 0 Å². The van der Waals surface area contributed by atoms with E-state index in [1.54, 1.807) is 0 Å². The minimum atomic E-state index is -0.0177. The molecule has 2 aromatic rings. The largest absolute Gasteiger partial charge is 0.283 e. The molecule has 0 bridgehead atoms. The number of hydroxylamine groups is 1. The Morgan fingerprint density at radius 1 is 0.875 bits per heavy atom. The van der Waals surface area contributed by atoms with Gasteiger partial charge in [0, 0.05) is 0 Å². The molecule has 3 nitrogen and oxygen atoms in total. The zero-order valence-electron chi connectivity index (χ0n) is 15.5. The summed E-state index contributed by atoms with van der Waals surface area (Å²) in [6.45, 7) is 13.1. The number of benzene rings is 2. The molecule has 0 atom stereocenters. The summed E-state index contributed by atoms with van der Waals surface area (Å²) in [6.07, 6.45) is 1.46. The third kappa shape index (κ3) is 4.45. The van der Waals surface area contributed by atoms with E-state index in [0.29, 0.717) is 5.69 Å². The van der Waals surface area contributed by atoms with Crippen molar-refractivity contribution in [2.45, 2.75) is 52.4 Å². The first kappa shape index (κ1) is 18.2. The maximum absolute atomic E-state index is 10.2. The van der Waals surface area contributed by atoms with E-state index in [1.807, 2.05) is 30.3 Å². The molecule has 0 aromatic heterocycles. The summed E-state index contributed by atoms with van der Waals surface area (Å²) in [5, 5.41) is 11.2. The average Bonchev–Trinajstić information content (AvgIpc) is 2.51. The molecular formula is C21H28N2O. The lowest BCUT2D eigenvalue weighted by Gasteiger charge is -2.25. The molecule has 3 heteroatoms. The van der Waals surface area contributed by atoms with Crippen molar-refractivity contribution in [3.63, 3.8) is 0 Å². The van der Waals surface area contributed by atoms with Crippen LogP contribution in [0.5, 0.6) is 0 Å². The zero-order chi connectivity index (χ0) is 18.0. The van der Waals surface area contributed by atoms with Gasteiger partial charge < -0.3 is 0 Å². The van der Waals surface area contributed by atoms with Crippen molar-refractivity contribution < 1.29 is 5.21 Å². The number of anilines is 1. The molecule has 0 radical (unpaired) electrons. The molecule has 0 saturated heterocycles. The van der Waals surface area contributed by atoms with Crippen LogP contribution in [-0.4, -0.2) is 11.5 Å². The maximum Gasteiger partial charge on any atom is 0.122 e. The first-order chi connectivity index (χ1) is 11.1. The van der Waals surface area contributed by atoms with Crippen LogP contribution in [0.15, 0.2) is 53.5 Å². The van der Waals surface area contributed by atoms with E-state index in [0.717, 1.165) is 16.3 Å². The van der Waals surface area contributed by atoms with Gasteiger partial charge in [0.15, 0.2) is 0 Å². The van der Waals surface area contributed by atoms with Crippen molar-refractivity contribution >= 4 is 17.7 Å². The molecule has 0 aliphatic carbocycles. The number of aliphatic imine (C=N–C) groups is 1. The van der Waals surface area contributed by atoms with Gasteiger partial charge in [0.05, 0.1) is 11.4 Å². The second kappa shape index (κ2) is 6.78. The molecule has 2 rings (SSSR count). The monoisotopic (exact) mass is 324 g/mol. The molecule has 0 aliphatic rings. The van der Waals surface area contributed by atoms with Crippen molar-refractivity contribution in [3.05, 3.63) is 59.7 Å². The summed E-state index contributed by atoms with van der Waals surface area (Å²) < 4.78 is 0. The van der Waals surface area contributed by atoms with E-state index in [1.165, 1.54) is 11.9 Å². The molecule has 0 unspecified atom stereocenters. The van der Waals surface area contributed by atoms with Gasteiger partial charge in [-0.2, -0.15) is 0 Å². The first-order valence-electron chi connectivity index (χ1n) is 8.31. The SMILES string of the molecule is CC(C)(C)c1ccc(C(C)(C)C)c(N=CN(O)c2ccccc2)c1. The highest BCUT2D eigenvalue weighted by Gasteiger charge is 2.21. The second-order valence-corrected chi connectivity index (χ2v) is 8.16. The van der Waals surface area contributed by atoms with Gasteiger partial charge in [-0.05, 0) is 40.2 Å². The van der Waals surface area contributed by atoms with Crippen molar-refractivity contribution in [3.8, 4) is 0 Å². The van der Waals surface area contributed by atoms with Crippen LogP contribution in [-0.2, 0) is 10.8 Å². The van der Waals surface area contributed by atoms with E-state index in [4.69, 9.17) is 0 Å². The number of hydrogen-bond donors (Lipinski definition) is 1. The predicted octanol–water partition coefficient (Wildman–Crippen LogP) is 5.84. The van der Waals surface area contributed by atoms with E-state index in [-0.39, 0.29) is 10.8 Å². The molecular weight excluding hydrogens is 296 g/mol. The van der Waals surface area contributed by atoms with Gasteiger partial charge in [-0.15, -0.1) is 0 Å². The Morgan fingerprint density at radius 2 is 1.50 bits per heavy atom. The molecule has 2 aromatic carbocycles. The smallest absolute Gasteiger partial charge is 0.122 e. The Kier molecular flexibility index (Phi) is 5.14. The van der Waals surface area contributed by atoms with Crippen LogP contribution in [0.2, 0.25) is 0 Å². The lowest BCUT2D eigenvalue weighted by atomic mass is 9.81. The van der Waals surface area contributed by atoms with Crippen LogP contribution in [0.4, 0.5) is 11.4 Å². The van der Waals surface area contributed by atoms with Crippen molar-refractivity contribution in [2.24, 2.45) is 4.99 Å². The van der Waals surface area contributed by atoms with Gasteiger partial charge in [0.2, 0.25) is 0 Å². The summed E-state index contributed by atoms with van der Waals surface area (Å²) in [5.74, 6) is 0. The summed E-state index contributed by atoms with van der Waals surface area (Å²) in [6, 6.07) is 15.8. The van der Waals surface area contributed by atoms with Crippen molar-refractivity contribution in [1.82, 2.24) is 0 Å². The summed E-state index contributed by atoms with van der Waals surface area (Å²) in [7, 11) is 0. The van der Waals surface area contributed by atoms with Crippen LogP contribution < -0.4 is 5.06 Å². The molecule has 24 heavy (non-hydrogen) atoms. The highest BCUT2D eigenvalue weighted by Crippen LogP contribution is 2.35. The molecule has 0 saturated carbocycles. The number of para-hydroxylation sites is 1. The van der Waals surface area contributed by atoms with E-state index < -0.39 is 0 Å². The summed E-state index contributed by atoms with van der Waals surface area (Å²) >= 11 is 0. The molecule has 0 fully saturated rings. The summed E-state index contributed by atoms with van der Waals surface area (Å²) in [4.78, 5) is 4.57. The molecule has 0 spiro atoms. The third-order valence-corrected chi connectivity index (χ3v) is 4.00. The molecule has 128 valence electrons. The lowest BCUT2D eigenvalue weighted by Crippen LogP contribution is -2.17. The molecule has 0 heterocycles. The van der Waals surface area contributed by atoms with Gasteiger partial charge in [-0.1, -0.05) is 71.9 Å². The van der Waals surface area contributed by atoms with Gasteiger partial charge in [-0.25, -0.2) is 10.1 Å². The zero-order valence-corrected chi connectivity index (χ0v) is 15.5. The average molecular weight is 324 g/mol. The van der Waals surface area contributed by atoms with Crippen LogP contribution in [0.1, 0.15) is 52.7 Å². The summed E-state index contributed by atoms with van der Waals surface area (Å²) in [5.41, 5.74) is 4.00. The van der Waals surface area contributed by atoms with E-state index in [9.17, 15) is 5.21 Å². The number of nitrogens with zero attached hydrogens (tertiary/aromatic N) is 2. The molecule has 0 aliphatic heterocycles. The predicted molar refractivity (Wildman–Crippen MR) is 103 cm³/mol. The van der Waals surface area contributed by atoms with Gasteiger partial charge in [0.1, 0.15) is 6.34 Å². The fourth-order valence-electron chi connectivity index (χ4n) is 2.50. The minimum absolute atomic E-state index is 0.0177. The Balaban J connectivity index is 2.41. The van der Waals surface area contributed by atoms with E-state index >= 15 is 0 Å². The van der Waals surface area contributed by atoms with Crippen molar-refractivity contribution in [2.75, 3.05) is 5.06 Å². The fraction of sp³-hybridized carbons (Fsp3) is 0.381. The standard InChI is InChI=1S/C21H28N2O/c1-20(2,3)16-12-13-18(21(4,5)6)19(14-16)22-15-23(24)17-10-8-7-9-11-17/h7-15,24H,1-6H3. The molecule has 0 amide bonds. The second-order valence-electron chi connectivity index (χ2n) is 8.16. The Morgan fingerprint density at radius 3 is 2.04 bits per heavy atom. The Bertz CT molecular complexity index is 707. The lowest BCUT2D eigenvalue weighted by molar-refractivity contribution is 0.317. The van der Waals surface area contributed by atoms with E-state index in [2.05, 4.69) is 64.7 Å². The van der Waals surface area contributed by atoms with Gasteiger partial charge in [-0.3, -0.25) is 5.21 Å².